The van der Waals surface area contributed by atoms with Gasteiger partial charge in [0.1, 0.15) is 11.6 Å². The SMILES string of the molecule is O=C(CN1CCC(C(=O)c2cc(F)ccc2F)CC1)Nc1c(Cl)c(Cl)cc(Cl)c1Cl. The van der Waals surface area contributed by atoms with Crippen molar-refractivity contribution in [2.75, 3.05) is 25.0 Å². The molecule has 1 aliphatic rings. The number of nitrogens with zero attached hydrogens (tertiary/aromatic N) is 1. The van der Waals surface area contributed by atoms with E-state index in [-0.39, 0.29) is 43.8 Å². The maximum atomic E-state index is 13.9. The lowest BCUT2D eigenvalue weighted by Crippen LogP contribution is -2.41. The second kappa shape index (κ2) is 9.79. The van der Waals surface area contributed by atoms with Gasteiger partial charge in [-0.1, -0.05) is 46.4 Å². The highest BCUT2D eigenvalue weighted by Gasteiger charge is 2.28. The van der Waals surface area contributed by atoms with Gasteiger partial charge in [0.2, 0.25) is 5.91 Å². The molecule has 0 bridgehead atoms. The number of likely N-dealkylation sites (tertiary alicyclic amines) is 1. The average Bonchev–Trinajstić information content (AvgIpc) is 2.71. The molecule has 3 rings (SSSR count). The van der Waals surface area contributed by atoms with Crippen LogP contribution in [0.3, 0.4) is 0 Å². The van der Waals surface area contributed by atoms with Crippen LogP contribution in [0.5, 0.6) is 0 Å². The highest BCUT2D eigenvalue weighted by molar-refractivity contribution is 6.50. The number of carbonyl (C=O) groups excluding carboxylic acids is 2. The summed E-state index contributed by atoms with van der Waals surface area (Å²) in [6.07, 6.45) is 0.846. The zero-order chi connectivity index (χ0) is 22.0. The summed E-state index contributed by atoms with van der Waals surface area (Å²) >= 11 is 24.1. The zero-order valence-corrected chi connectivity index (χ0v) is 18.5. The zero-order valence-electron chi connectivity index (χ0n) is 15.5. The van der Waals surface area contributed by atoms with Crippen molar-refractivity contribution < 1.29 is 18.4 Å². The second-order valence-electron chi connectivity index (χ2n) is 6.93. The van der Waals surface area contributed by atoms with Crippen molar-refractivity contribution in [1.29, 1.82) is 0 Å². The van der Waals surface area contributed by atoms with Gasteiger partial charge in [0.15, 0.2) is 5.78 Å². The average molecular weight is 496 g/mol. The first kappa shape index (κ1) is 23.2. The maximum absolute atomic E-state index is 13.9. The predicted octanol–water partition coefficient (Wildman–Crippen LogP) is 6.11. The standard InChI is InChI=1S/C20H16Cl4F2N2O2/c21-13-8-14(22)18(24)19(17(13)23)27-16(29)9-28-5-3-10(4-6-28)20(30)12-7-11(25)1-2-15(12)26/h1-2,7-8,10H,3-6,9H2,(H,27,29). The van der Waals surface area contributed by atoms with Crippen LogP contribution in [-0.2, 0) is 4.79 Å². The number of piperidine rings is 1. The van der Waals surface area contributed by atoms with Gasteiger partial charge < -0.3 is 5.32 Å². The van der Waals surface area contributed by atoms with Crippen LogP contribution in [0.25, 0.3) is 0 Å². The van der Waals surface area contributed by atoms with Gasteiger partial charge in [0, 0.05) is 5.92 Å². The third-order valence-electron chi connectivity index (χ3n) is 4.90. The number of nitrogens with one attached hydrogen (secondary N) is 1. The quantitative estimate of drug-likeness (QED) is 0.402. The van der Waals surface area contributed by atoms with Crippen LogP contribution >= 0.6 is 46.4 Å². The molecule has 160 valence electrons. The second-order valence-corrected chi connectivity index (χ2v) is 8.50. The van der Waals surface area contributed by atoms with Crippen molar-refractivity contribution in [3.8, 4) is 0 Å². The van der Waals surface area contributed by atoms with Gasteiger partial charge in [0.05, 0.1) is 37.9 Å². The Morgan fingerprint density at radius 3 is 2.20 bits per heavy atom. The van der Waals surface area contributed by atoms with Gasteiger partial charge in [0.25, 0.3) is 0 Å². The third-order valence-corrected chi connectivity index (χ3v) is 6.47. The highest BCUT2D eigenvalue weighted by atomic mass is 35.5. The Kier molecular flexibility index (Phi) is 7.58. The number of benzene rings is 2. The normalized spacial score (nSPS) is 15.3. The lowest BCUT2D eigenvalue weighted by Gasteiger charge is -2.30. The smallest absolute Gasteiger partial charge is 0.238 e. The number of anilines is 1. The van der Waals surface area contributed by atoms with Crippen LogP contribution in [0, 0.1) is 17.6 Å². The molecule has 30 heavy (non-hydrogen) atoms. The minimum absolute atomic E-state index is 0.0338. The number of halogens is 6. The first-order valence-corrected chi connectivity index (χ1v) is 10.5. The fourth-order valence-electron chi connectivity index (χ4n) is 3.32. The number of Topliss-reactive ketones (excluding diaryl/α,β-unsaturated/α-hetero) is 1. The molecule has 0 radical (unpaired) electrons. The molecule has 1 saturated heterocycles. The summed E-state index contributed by atoms with van der Waals surface area (Å²) in [5.74, 6) is -2.64. The topological polar surface area (TPSA) is 49.4 Å². The molecule has 1 heterocycles. The summed E-state index contributed by atoms with van der Waals surface area (Å²) in [5, 5.41) is 3.09. The van der Waals surface area contributed by atoms with Crippen molar-refractivity contribution >= 4 is 63.8 Å². The van der Waals surface area contributed by atoms with E-state index >= 15 is 0 Å². The molecule has 0 saturated carbocycles. The van der Waals surface area contributed by atoms with Gasteiger partial charge in [-0.05, 0) is 50.2 Å². The minimum Gasteiger partial charge on any atom is -0.322 e. The summed E-state index contributed by atoms with van der Waals surface area (Å²) in [5.41, 5.74) is -0.110. The van der Waals surface area contributed by atoms with Gasteiger partial charge in [-0.3, -0.25) is 14.5 Å². The molecular formula is C20H16Cl4F2N2O2. The first-order valence-electron chi connectivity index (χ1n) is 9.01. The molecule has 1 N–H and O–H groups in total. The Labute approximate surface area is 192 Å². The van der Waals surface area contributed by atoms with Gasteiger partial charge in [-0.25, -0.2) is 8.78 Å². The number of carbonyl (C=O) groups is 2. The monoisotopic (exact) mass is 494 g/mol. The van der Waals surface area contributed by atoms with Crippen LogP contribution in [0.4, 0.5) is 14.5 Å². The minimum atomic E-state index is -0.739. The van der Waals surface area contributed by atoms with Crippen molar-refractivity contribution in [3.05, 3.63) is 61.6 Å². The fourth-order valence-corrected chi connectivity index (χ4v) is 4.23. The van der Waals surface area contributed by atoms with E-state index in [0.717, 1.165) is 18.2 Å². The van der Waals surface area contributed by atoms with Crippen LogP contribution in [0.15, 0.2) is 24.3 Å². The molecule has 2 aromatic rings. The van der Waals surface area contributed by atoms with Crippen molar-refractivity contribution in [3.63, 3.8) is 0 Å². The molecule has 0 aromatic heterocycles. The molecule has 0 unspecified atom stereocenters. The predicted molar refractivity (Wildman–Crippen MR) is 115 cm³/mol. The van der Waals surface area contributed by atoms with E-state index in [1.54, 1.807) is 0 Å². The van der Waals surface area contributed by atoms with Gasteiger partial charge in [-0.2, -0.15) is 0 Å². The van der Waals surface area contributed by atoms with Gasteiger partial charge >= 0.3 is 0 Å². The van der Waals surface area contributed by atoms with Gasteiger partial charge in [-0.15, -0.1) is 0 Å². The molecule has 1 aliphatic heterocycles. The lowest BCUT2D eigenvalue weighted by atomic mass is 9.88. The van der Waals surface area contributed by atoms with E-state index in [0.29, 0.717) is 25.9 Å². The maximum Gasteiger partial charge on any atom is 0.238 e. The summed E-state index contributed by atoms with van der Waals surface area (Å²) in [7, 11) is 0. The number of hydrogen-bond acceptors (Lipinski definition) is 3. The number of rotatable bonds is 5. The molecule has 10 heteroatoms. The molecule has 1 amide bonds. The Morgan fingerprint density at radius 2 is 1.60 bits per heavy atom. The summed E-state index contributed by atoms with van der Waals surface area (Å²) in [6, 6.07) is 4.22. The Bertz CT molecular complexity index is 969. The van der Waals surface area contributed by atoms with E-state index in [1.807, 2.05) is 4.90 Å². The lowest BCUT2D eigenvalue weighted by molar-refractivity contribution is -0.117. The van der Waals surface area contributed by atoms with Crippen molar-refractivity contribution in [1.82, 2.24) is 4.90 Å². The number of hydrogen-bond donors (Lipinski definition) is 1. The van der Waals surface area contributed by atoms with E-state index in [2.05, 4.69) is 5.32 Å². The molecule has 0 aliphatic carbocycles. The summed E-state index contributed by atoms with van der Waals surface area (Å²) in [6.45, 7) is 0.920. The van der Waals surface area contributed by atoms with E-state index < -0.39 is 23.3 Å². The van der Waals surface area contributed by atoms with Crippen LogP contribution in [-0.4, -0.2) is 36.2 Å². The van der Waals surface area contributed by atoms with Crippen molar-refractivity contribution in [2.24, 2.45) is 5.92 Å². The third kappa shape index (κ3) is 5.24. The Balaban J connectivity index is 1.58. The van der Waals surface area contributed by atoms with E-state index in [9.17, 15) is 18.4 Å². The number of ketones is 1. The van der Waals surface area contributed by atoms with Crippen molar-refractivity contribution in [2.45, 2.75) is 12.8 Å². The van der Waals surface area contributed by atoms with E-state index in [4.69, 9.17) is 46.4 Å². The Hall–Kier alpha value is -1.44. The molecule has 2 aromatic carbocycles. The van der Waals surface area contributed by atoms with E-state index in [1.165, 1.54) is 6.07 Å². The van der Waals surface area contributed by atoms with Crippen LogP contribution in [0.1, 0.15) is 23.2 Å². The molecule has 0 atom stereocenters. The molecule has 1 fully saturated rings. The fraction of sp³-hybridized carbons (Fsp3) is 0.300. The Morgan fingerprint density at radius 1 is 1.00 bits per heavy atom. The first-order chi connectivity index (χ1) is 14.2. The molecular weight excluding hydrogens is 480 g/mol. The highest BCUT2D eigenvalue weighted by Crippen LogP contribution is 2.41. The summed E-state index contributed by atoms with van der Waals surface area (Å²) < 4.78 is 27.2. The molecule has 0 spiro atoms. The summed E-state index contributed by atoms with van der Waals surface area (Å²) in [4.78, 5) is 26.8. The number of amides is 1. The largest absolute Gasteiger partial charge is 0.322 e. The van der Waals surface area contributed by atoms with Crippen LogP contribution < -0.4 is 5.32 Å². The molecule has 4 nitrogen and oxygen atoms in total. The van der Waals surface area contributed by atoms with Crippen LogP contribution in [0.2, 0.25) is 20.1 Å².